The summed E-state index contributed by atoms with van der Waals surface area (Å²) in [7, 11) is 0. The van der Waals surface area contributed by atoms with Gasteiger partial charge in [-0.25, -0.2) is 0 Å². The van der Waals surface area contributed by atoms with Crippen molar-refractivity contribution >= 4 is 11.6 Å². The number of nitrogens with one attached hydrogen (secondary N) is 1. The molecule has 1 N–H and O–H groups in total. The molecule has 0 bridgehead atoms. The molecule has 0 radical (unpaired) electrons. The molecule has 5 heteroatoms. The van der Waals surface area contributed by atoms with E-state index in [4.69, 9.17) is 4.52 Å². The van der Waals surface area contributed by atoms with Gasteiger partial charge in [-0.05, 0) is 24.6 Å². The van der Waals surface area contributed by atoms with Gasteiger partial charge in [0.15, 0.2) is 0 Å². The normalized spacial score (nSPS) is 10.5. The third kappa shape index (κ3) is 4.03. The quantitative estimate of drug-likeness (QED) is 0.781. The molecule has 23 heavy (non-hydrogen) atoms. The highest BCUT2D eigenvalue weighted by Crippen LogP contribution is 2.15. The maximum absolute atomic E-state index is 12.0. The molecule has 0 atom stereocenters. The van der Waals surface area contributed by atoms with Crippen LogP contribution in [0.2, 0.25) is 0 Å². The predicted molar refractivity (Wildman–Crippen MR) is 87.9 cm³/mol. The molecule has 1 amide bonds. The zero-order valence-electron chi connectivity index (χ0n) is 12.8. The lowest BCUT2D eigenvalue weighted by atomic mass is 10.2. The molecule has 0 saturated carbocycles. The molecule has 0 aliphatic heterocycles. The fourth-order valence-electron chi connectivity index (χ4n) is 2.23. The molecule has 2 aromatic carbocycles. The van der Waals surface area contributed by atoms with Crippen molar-refractivity contribution in [1.29, 1.82) is 0 Å². The number of nitrogens with zero attached hydrogens (tertiary/aromatic N) is 2. The van der Waals surface area contributed by atoms with E-state index in [0.29, 0.717) is 24.6 Å². The van der Waals surface area contributed by atoms with E-state index in [1.54, 1.807) is 0 Å². The van der Waals surface area contributed by atoms with Crippen LogP contribution < -0.4 is 5.32 Å². The van der Waals surface area contributed by atoms with Gasteiger partial charge in [0.25, 0.3) is 0 Å². The maximum Gasteiger partial charge on any atom is 0.227 e. The molecule has 0 saturated heterocycles. The summed E-state index contributed by atoms with van der Waals surface area (Å²) in [5.74, 6) is 0.929. The molecular weight excluding hydrogens is 290 g/mol. The molecule has 0 fully saturated rings. The molecule has 1 heterocycles. The maximum atomic E-state index is 12.0. The van der Waals surface area contributed by atoms with Gasteiger partial charge in [0.2, 0.25) is 17.6 Å². The second kappa shape index (κ2) is 6.87. The number of hydrogen-bond acceptors (Lipinski definition) is 4. The van der Waals surface area contributed by atoms with E-state index in [-0.39, 0.29) is 5.91 Å². The van der Waals surface area contributed by atoms with Crippen LogP contribution in [-0.2, 0) is 11.2 Å². The fraction of sp³-hybridized carbons (Fsp3) is 0.167. The van der Waals surface area contributed by atoms with E-state index in [1.165, 1.54) is 0 Å². The van der Waals surface area contributed by atoms with Gasteiger partial charge in [0.1, 0.15) is 0 Å². The summed E-state index contributed by atoms with van der Waals surface area (Å²) in [6, 6.07) is 17.3. The highest BCUT2D eigenvalue weighted by Gasteiger charge is 2.10. The minimum Gasteiger partial charge on any atom is -0.339 e. The topological polar surface area (TPSA) is 68.0 Å². The van der Waals surface area contributed by atoms with Gasteiger partial charge in [-0.15, -0.1) is 0 Å². The molecule has 0 unspecified atom stereocenters. The Labute approximate surface area is 134 Å². The summed E-state index contributed by atoms with van der Waals surface area (Å²) in [6.45, 7) is 1.99. The Bertz CT molecular complexity index is 797. The van der Waals surface area contributed by atoms with Crippen LogP contribution >= 0.6 is 0 Å². The zero-order chi connectivity index (χ0) is 16.1. The average molecular weight is 307 g/mol. The van der Waals surface area contributed by atoms with E-state index < -0.39 is 0 Å². The first-order chi connectivity index (χ1) is 11.2. The van der Waals surface area contributed by atoms with Crippen molar-refractivity contribution in [3.63, 3.8) is 0 Å². The Balaban J connectivity index is 1.56. The number of carbonyl (C=O) groups excluding carboxylic acids is 1. The SMILES string of the molecule is Cc1cccc(NC(=O)CCc2nc(-c3ccccc3)no2)c1. The average Bonchev–Trinajstić information content (AvgIpc) is 3.03. The summed E-state index contributed by atoms with van der Waals surface area (Å²) in [4.78, 5) is 16.3. The van der Waals surface area contributed by atoms with E-state index in [1.807, 2.05) is 61.5 Å². The highest BCUT2D eigenvalue weighted by molar-refractivity contribution is 5.90. The molecule has 116 valence electrons. The Kier molecular flexibility index (Phi) is 4.47. The van der Waals surface area contributed by atoms with Crippen LogP contribution in [0.15, 0.2) is 59.1 Å². The Hall–Kier alpha value is -2.95. The van der Waals surface area contributed by atoms with Crippen molar-refractivity contribution in [3.05, 3.63) is 66.1 Å². The van der Waals surface area contributed by atoms with Crippen LogP contribution in [0.1, 0.15) is 17.9 Å². The lowest BCUT2D eigenvalue weighted by Gasteiger charge is -2.04. The van der Waals surface area contributed by atoms with Crippen molar-refractivity contribution in [2.75, 3.05) is 5.32 Å². The molecule has 1 aromatic heterocycles. The fourth-order valence-corrected chi connectivity index (χ4v) is 2.23. The molecule has 0 aliphatic rings. The lowest BCUT2D eigenvalue weighted by molar-refractivity contribution is -0.116. The van der Waals surface area contributed by atoms with E-state index in [9.17, 15) is 4.79 Å². The summed E-state index contributed by atoms with van der Waals surface area (Å²) in [5, 5.41) is 6.80. The first-order valence-corrected chi connectivity index (χ1v) is 7.45. The van der Waals surface area contributed by atoms with Crippen LogP contribution in [0, 0.1) is 6.92 Å². The molecular formula is C18H17N3O2. The van der Waals surface area contributed by atoms with Crippen LogP contribution in [-0.4, -0.2) is 16.0 Å². The van der Waals surface area contributed by atoms with Gasteiger partial charge in [0.05, 0.1) is 0 Å². The predicted octanol–water partition coefficient (Wildman–Crippen LogP) is 3.62. The Morgan fingerprint density at radius 1 is 1.13 bits per heavy atom. The zero-order valence-corrected chi connectivity index (χ0v) is 12.8. The minimum atomic E-state index is -0.0740. The molecule has 3 rings (SSSR count). The Morgan fingerprint density at radius 3 is 2.74 bits per heavy atom. The number of hydrogen-bond donors (Lipinski definition) is 1. The molecule has 3 aromatic rings. The number of aryl methyl sites for hydroxylation is 2. The van der Waals surface area contributed by atoms with Crippen LogP contribution in [0.5, 0.6) is 0 Å². The van der Waals surface area contributed by atoms with Crippen molar-refractivity contribution in [2.24, 2.45) is 0 Å². The number of benzene rings is 2. The monoisotopic (exact) mass is 307 g/mol. The van der Waals surface area contributed by atoms with Crippen molar-refractivity contribution in [3.8, 4) is 11.4 Å². The first kappa shape index (κ1) is 15.0. The third-order valence-corrected chi connectivity index (χ3v) is 3.37. The summed E-state index contributed by atoms with van der Waals surface area (Å²) in [5.41, 5.74) is 2.80. The van der Waals surface area contributed by atoms with E-state index >= 15 is 0 Å². The minimum absolute atomic E-state index is 0.0740. The largest absolute Gasteiger partial charge is 0.339 e. The van der Waals surface area contributed by atoms with Gasteiger partial charge in [-0.2, -0.15) is 4.98 Å². The molecule has 5 nitrogen and oxygen atoms in total. The van der Waals surface area contributed by atoms with Crippen LogP contribution in [0.25, 0.3) is 11.4 Å². The number of anilines is 1. The summed E-state index contributed by atoms with van der Waals surface area (Å²) < 4.78 is 5.20. The van der Waals surface area contributed by atoms with Gasteiger partial charge in [-0.1, -0.05) is 47.6 Å². The van der Waals surface area contributed by atoms with Crippen LogP contribution in [0.4, 0.5) is 5.69 Å². The first-order valence-electron chi connectivity index (χ1n) is 7.45. The number of rotatable bonds is 5. The second-order valence-electron chi connectivity index (χ2n) is 5.30. The van der Waals surface area contributed by atoms with E-state index in [0.717, 1.165) is 16.8 Å². The summed E-state index contributed by atoms with van der Waals surface area (Å²) in [6.07, 6.45) is 0.710. The molecule has 0 aliphatic carbocycles. The number of amides is 1. The van der Waals surface area contributed by atoms with Gasteiger partial charge >= 0.3 is 0 Å². The highest BCUT2D eigenvalue weighted by atomic mass is 16.5. The number of carbonyl (C=O) groups is 1. The van der Waals surface area contributed by atoms with Gasteiger partial charge < -0.3 is 9.84 Å². The number of aromatic nitrogens is 2. The van der Waals surface area contributed by atoms with Crippen molar-refractivity contribution < 1.29 is 9.32 Å². The van der Waals surface area contributed by atoms with Gasteiger partial charge in [-0.3, -0.25) is 4.79 Å². The second-order valence-corrected chi connectivity index (χ2v) is 5.30. The van der Waals surface area contributed by atoms with Gasteiger partial charge in [0, 0.05) is 24.1 Å². The Morgan fingerprint density at radius 2 is 1.96 bits per heavy atom. The van der Waals surface area contributed by atoms with E-state index in [2.05, 4.69) is 15.5 Å². The lowest BCUT2D eigenvalue weighted by Crippen LogP contribution is -2.12. The summed E-state index contributed by atoms with van der Waals surface area (Å²) >= 11 is 0. The molecule has 0 spiro atoms. The standard InChI is InChI=1S/C18H17N3O2/c1-13-6-5-9-15(12-13)19-16(22)10-11-17-20-18(21-23-17)14-7-3-2-4-8-14/h2-9,12H,10-11H2,1H3,(H,19,22). The van der Waals surface area contributed by atoms with Crippen molar-refractivity contribution in [1.82, 2.24) is 10.1 Å². The third-order valence-electron chi connectivity index (χ3n) is 3.37. The smallest absolute Gasteiger partial charge is 0.227 e. The van der Waals surface area contributed by atoms with Crippen LogP contribution in [0.3, 0.4) is 0 Å². The van der Waals surface area contributed by atoms with Crippen molar-refractivity contribution in [2.45, 2.75) is 19.8 Å².